The average Bonchev–Trinajstić information content (AvgIpc) is 2.42. The molecule has 2 N–H and O–H groups in total. The summed E-state index contributed by atoms with van der Waals surface area (Å²) in [4.78, 5) is 2.56. The molecule has 1 heterocycles. The zero-order valence-electron chi connectivity index (χ0n) is 11.7. The molecule has 0 radical (unpaired) electrons. The maximum absolute atomic E-state index is 3.55. The van der Waals surface area contributed by atoms with Crippen molar-refractivity contribution in [3.05, 3.63) is 34.3 Å². The molecule has 1 aliphatic rings. The third-order valence-corrected chi connectivity index (χ3v) is 4.04. The Morgan fingerprint density at radius 3 is 2.63 bits per heavy atom. The summed E-state index contributed by atoms with van der Waals surface area (Å²) in [7, 11) is 0. The van der Waals surface area contributed by atoms with Crippen molar-refractivity contribution in [2.45, 2.75) is 13.5 Å². The van der Waals surface area contributed by atoms with Crippen molar-refractivity contribution >= 4 is 15.9 Å². The predicted octanol–water partition coefficient (Wildman–Crippen LogP) is 2.08. The third-order valence-electron chi connectivity index (χ3n) is 3.51. The van der Waals surface area contributed by atoms with Crippen LogP contribution in [0.2, 0.25) is 0 Å². The van der Waals surface area contributed by atoms with Gasteiger partial charge in [0.25, 0.3) is 0 Å². The summed E-state index contributed by atoms with van der Waals surface area (Å²) in [6.07, 6.45) is 0. The predicted molar refractivity (Wildman–Crippen MR) is 84.3 cm³/mol. The molecule has 1 unspecified atom stereocenters. The minimum Gasteiger partial charge on any atom is -0.314 e. The van der Waals surface area contributed by atoms with Gasteiger partial charge in [-0.1, -0.05) is 35.0 Å². The average molecular weight is 326 g/mol. The van der Waals surface area contributed by atoms with Crippen LogP contribution in [0.1, 0.15) is 12.5 Å². The number of nitrogens with zero attached hydrogens (tertiary/aromatic N) is 1. The number of nitrogens with one attached hydrogen (secondary N) is 2. The molecule has 2 rings (SSSR count). The minimum atomic E-state index is 0.702. The zero-order valence-corrected chi connectivity index (χ0v) is 13.2. The van der Waals surface area contributed by atoms with Crippen molar-refractivity contribution in [1.82, 2.24) is 15.5 Å². The molecule has 0 spiro atoms. The highest BCUT2D eigenvalue weighted by molar-refractivity contribution is 9.10. The van der Waals surface area contributed by atoms with E-state index in [1.165, 1.54) is 25.2 Å². The van der Waals surface area contributed by atoms with Gasteiger partial charge in [-0.25, -0.2) is 0 Å². The van der Waals surface area contributed by atoms with E-state index in [2.05, 4.69) is 62.7 Å². The first-order valence-corrected chi connectivity index (χ1v) is 7.91. The van der Waals surface area contributed by atoms with Crippen LogP contribution in [0.5, 0.6) is 0 Å². The number of hydrogen-bond donors (Lipinski definition) is 2. The van der Waals surface area contributed by atoms with Crippen molar-refractivity contribution < 1.29 is 0 Å². The minimum absolute atomic E-state index is 0.702. The van der Waals surface area contributed by atoms with Gasteiger partial charge in [-0.15, -0.1) is 0 Å². The van der Waals surface area contributed by atoms with E-state index in [9.17, 15) is 0 Å². The number of piperazine rings is 1. The summed E-state index contributed by atoms with van der Waals surface area (Å²) >= 11 is 3.46. The van der Waals surface area contributed by atoms with Gasteiger partial charge >= 0.3 is 0 Å². The van der Waals surface area contributed by atoms with E-state index in [0.717, 1.165) is 30.7 Å². The van der Waals surface area contributed by atoms with E-state index in [0.29, 0.717) is 5.92 Å². The van der Waals surface area contributed by atoms with E-state index in [1.54, 1.807) is 0 Å². The maximum atomic E-state index is 3.55. The van der Waals surface area contributed by atoms with Crippen LogP contribution in [0, 0.1) is 5.92 Å². The van der Waals surface area contributed by atoms with Crippen LogP contribution in [0.4, 0.5) is 0 Å². The van der Waals surface area contributed by atoms with Crippen molar-refractivity contribution in [1.29, 1.82) is 0 Å². The summed E-state index contributed by atoms with van der Waals surface area (Å²) < 4.78 is 1.14. The summed E-state index contributed by atoms with van der Waals surface area (Å²) in [6.45, 7) is 10.2. The molecule has 1 saturated heterocycles. The summed E-state index contributed by atoms with van der Waals surface area (Å²) in [5, 5.41) is 6.95. The van der Waals surface area contributed by atoms with Crippen molar-refractivity contribution in [3.63, 3.8) is 0 Å². The van der Waals surface area contributed by atoms with E-state index < -0.39 is 0 Å². The molecule has 1 atom stereocenters. The Kier molecular flexibility index (Phi) is 6.31. The van der Waals surface area contributed by atoms with Gasteiger partial charge < -0.3 is 15.5 Å². The van der Waals surface area contributed by atoms with Gasteiger partial charge in [0.1, 0.15) is 0 Å². The third kappa shape index (κ3) is 5.61. The maximum Gasteiger partial charge on any atom is 0.0205 e. The lowest BCUT2D eigenvalue weighted by Gasteiger charge is -2.29. The van der Waals surface area contributed by atoms with Gasteiger partial charge in [-0.2, -0.15) is 0 Å². The van der Waals surface area contributed by atoms with Crippen LogP contribution in [0.25, 0.3) is 0 Å². The summed E-state index contributed by atoms with van der Waals surface area (Å²) in [5.74, 6) is 0.702. The van der Waals surface area contributed by atoms with Crippen molar-refractivity contribution in [2.75, 3.05) is 39.3 Å². The van der Waals surface area contributed by atoms with Crippen molar-refractivity contribution in [3.8, 4) is 0 Å². The smallest absolute Gasteiger partial charge is 0.0205 e. The first-order chi connectivity index (χ1) is 9.24. The molecule has 0 saturated carbocycles. The number of hydrogen-bond acceptors (Lipinski definition) is 3. The van der Waals surface area contributed by atoms with Crippen molar-refractivity contribution in [2.24, 2.45) is 5.92 Å². The Morgan fingerprint density at radius 1 is 1.26 bits per heavy atom. The lowest BCUT2D eigenvalue weighted by Crippen LogP contribution is -2.45. The highest BCUT2D eigenvalue weighted by Crippen LogP contribution is 2.10. The highest BCUT2D eigenvalue weighted by atomic mass is 79.9. The molecule has 106 valence electrons. The van der Waals surface area contributed by atoms with Gasteiger partial charge in [0.2, 0.25) is 0 Å². The summed E-state index contributed by atoms with van der Waals surface area (Å²) in [5.41, 5.74) is 1.34. The Balaban J connectivity index is 1.63. The second kappa shape index (κ2) is 8.00. The van der Waals surface area contributed by atoms with Gasteiger partial charge in [0.15, 0.2) is 0 Å². The number of benzene rings is 1. The molecule has 19 heavy (non-hydrogen) atoms. The number of rotatable bonds is 6. The Morgan fingerprint density at radius 2 is 1.95 bits per heavy atom. The lowest BCUT2D eigenvalue weighted by atomic mass is 10.1. The van der Waals surface area contributed by atoms with Crippen LogP contribution in [0.15, 0.2) is 28.7 Å². The molecule has 4 heteroatoms. The van der Waals surface area contributed by atoms with Gasteiger partial charge in [0.05, 0.1) is 0 Å². The fourth-order valence-corrected chi connectivity index (χ4v) is 2.73. The van der Waals surface area contributed by atoms with Gasteiger partial charge in [-0.3, -0.25) is 0 Å². The zero-order chi connectivity index (χ0) is 13.5. The molecule has 1 aromatic carbocycles. The van der Waals surface area contributed by atoms with E-state index >= 15 is 0 Å². The Hall–Kier alpha value is -0.420. The molecular formula is C15H24BrN3. The molecule has 0 aromatic heterocycles. The van der Waals surface area contributed by atoms with Gasteiger partial charge in [-0.05, 0) is 30.2 Å². The highest BCUT2D eigenvalue weighted by Gasteiger charge is 2.12. The fourth-order valence-electron chi connectivity index (χ4n) is 2.46. The van der Waals surface area contributed by atoms with Gasteiger partial charge in [0, 0.05) is 43.7 Å². The molecule has 0 aliphatic carbocycles. The normalized spacial score (nSPS) is 18.4. The number of halogens is 1. The Labute approximate surface area is 124 Å². The van der Waals surface area contributed by atoms with Crippen LogP contribution < -0.4 is 10.6 Å². The molecule has 1 aliphatic heterocycles. The molecule has 0 amide bonds. The molecule has 3 nitrogen and oxygen atoms in total. The molecule has 1 fully saturated rings. The van der Waals surface area contributed by atoms with E-state index in [1.807, 2.05) is 0 Å². The summed E-state index contributed by atoms with van der Waals surface area (Å²) in [6, 6.07) is 8.53. The first-order valence-electron chi connectivity index (χ1n) is 7.12. The second-order valence-corrected chi connectivity index (χ2v) is 6.33. The Bertz CT molecular complexity index is 360. The molecule has 0 bridgehead atoms. The molecular weight excluding hydrogens is 302 g/mol. The van der Waals surface area contributed by atoms with Crippen LogP contribution in [-0.2, 0) is 6.54 Å². The lowest BCUT2D eigenvalue weighted by molar-refractivity contribution is 0.209. The van der Waals surface area contributed by atoms with E-state index in [4.69, 9.17) is 0 Å². The van der Waals surface area contributed by atoms with E-state index in [-0.39, 0.29) is 0 Å². The van der Waals surface area contributed by atoms with Crippen LogP contribution >= 0.6 is 15.9 Å². The monoisotopic (exact) mass is 325 g/mol. The largest absolute Gasteiger partial charge is 0.314 e. The standard InChI is InChI=1S/C15H24BrN3/c1-13(12-19-8-6-17-7-9-19)10-18-11-14-2-4-15(16)5-3-14/h2-5,13,17-18H,6-12H2,1H3. The quantitative estimate of drug-likeness (QED) is 0.838. The SMILES string of the molecule is CC(CNCc1ccc(Br)cc1)CN1CCNCC1. The van der Waals surface area contributed by atoms with Crippen LogP contribution in [0.3, 0.4) is 0 Å². The first kappa shape index (κ1) is 15.0. The molecule has 1 aromatic rings. The topological polar surface area (TPSA) is 27.3 Å². The van der Waals surface area contributed by atoms with Crippen LogP contribution in [-0.4, -0.2) is 44.2 Å². The second-order valence-electron chi connectivity index (χ2n) is 5.41. The fraction of sp³-hybridized carbons (Fsp3) is 0.600.